The molecule has 1 aromatic heterocycles. The second-order valence-corrected chi connectivity index (χ2v) is 7.86. The fourth-order valence-electron chi connectivity index (χ4n) is 2.47. The van der Waals surface area contributed by atoms with Crippen molar-refractivity contribution in [2.45, 2.75) is 44.9 Å². The molecule has 4 nitrogen and oxygen atoms in total. The first-order valence-corrected chi connectivity index (χ1v) is 8.93. The average molecular weight is 374 g/mol. The molecule has 0 saturated carbocycles. The second-order valence-electron chi connectivity index (χ2n) is 5.38. The van der Waals surface area contributed by atoms with Crippen LogP contribution in [0.5, 0.6) is 0 Å². The van der Waals surface area contributed by atoms with Gasteiger partial charge in [-0.05, 0) is 44.6 Å². The first kappa shape index (κ1) is 16.5. The molecule has 0 fully saturated rings. The molecule has 0 spiro atoms. The number of thiophene rings is 1. The first-order valence-electron chi connectivity index (χ1n) is 7.20. The molecule has 2 rings (SSSR count). The number of carbonyl (C=O) groups excluding carboxylic acids is 2. The van der Waals surface area contributed by atoms with Gasteiger partial charge in [0, 0.05) is 4.88 Å². The molecule has 0 saturated heterocycles. The van der Waals surface area contributed by atoms with Crippen molar-refractivity contribution in [3.63, 3.8) is 0 Å². The number of hydrogen-bond acceptors (Lipinski definition) is 4. The van der Waals surface area contributed by atoms with Crippen LogP contribution in [0, 0.1) is 5.92 Å². The summed E-state index contributed by atoms with van der Waals surface area (Å²) in [6, 6.07) is 0. The van der Waals surface area contributed by atoms with Gasteiger partial charge in [0.05, 0.1) is 17.0 Å². The lowest BCUT2D eigenvalue weighted by Gasteiger charge is -2.18. The molecule has 2 atom stereocenters. The molecule has 0 radical (unpaired) electrons. The number of anilines is 1. The Labute approximate surface area is 137 Å². The van der Waals surface area contributed by atoms with E-state index in [9.17, 15) is 9.59 Å². The van der Waals surface area contributed by atoms with E-state index in [1.54, 1.807) is 13.8 Å². The molecule has 1 amide bonds. The monoisotopic (exact) mass is 373 g/mol. The van der Waals surface area contributed by atoms with Crippen molar-refractivity contribution in [1.82, 2.24) is 0 Å². The van der Waals surface area contributed by atoms with Crippen molar-refractivity contribution < 1.29 is 14.3 Å². The molecule has 116 valence electrons. The predicted molar refractivity (Wildman–Crippen MR) is 88.5 cm³/mol. The third-order valence-corrected chi connectivity index (χ3v) is 5.17. The van der Waals surface area contributed by atoms with Crippen LogP contribution in [-0.2, 0) is 22.4 Å². The maximum atomic E-state index is 12.3. The first-order chi connectivity index (χ1) is 9.93. The van der Waals surface area contributed by atoms with E-state index in [0.29, 0.717) is 23.1 Å². The minimum Gasteiger partial charge on any atom is -0.462 e. The van der Waals surface area contributed by atoms with E-state index in [2.05, 4.69) is 28.2 Å². The van der Waals surface area contributed by atoms with Gasteiger partial charge in [-0.25, -0.2) is 4.79 Å². The molecule has 21 heavy (non-hydrogen) atoms. The molecule has 1 heterocycles. The van der Waals surface area contributed by atoms with Crippen LogP contribution >= 0.6 is 27.3 Å². The average Bonchev–Trinajstić information content (AvgIpc) is 2.75. The fourth-order valence-corrected chi connectivity index (χ4v) is 3.99. The fraction of sp³-hybridized carbons (Fsp3) is 0.600. The van der Waals surface area contributed by atoms with E-state index in [1.165, 1.54) is 16.2 Å². The molecular weight excluding hydrogens is 354 g/mol. The van der Waals surface area contributed by atoms with E-state index >= 15 is 0 Å². The van der Waals surface area contributed by atoms with Gasteiger partial charge < -0.3 is 10.1 Å². The lowest BCUT2D eigenvalue weighted by atomic mass is 9.88. The quantitative estimate of drug-likeness (QED) is 0.645. The summed E-state index contributed by atoms with van der Waals surface area (Å²) in [6.07, 6.45) is 2.91. The SMILES string of the molecule is CCOC(=O)c1c(NC(=O)C(C)Br)sc2c1CCC(C)C2. The highest BCUT2D eigenvalue weighted by Crippen LogP contribution is 2.40. The molecule has 1 aliphatic rings. The number of rotatable bonds is 4. The Hall–Kier alpha value is -0.880. The molecular formula is C15H20BrNO3S. The Morgan fingerprint density at radius 1 is 1.52 bits per heavy atom. The van der Waals surface area contributed by atoms with Crippen molar-refractivity contribution in [1.29, 1.82) is 0 Å². The van der Waals surface area contributed by atoms with Gasteiger partial charge >= 0.3 is 5.97 Å². The van der Waals surface area contributed by atoms with Crippen LogP contribution in [0.4, 0.5) is 5.00 Å². The Morgan fingerprint density at radius 3 is 2.86 bits per heavy atom. The van der Waals surface area contributed by atoms with Crippen molar-refractivity contribution >= 4 is 44.1 Å². The molecule has 6 heteroatoms. The zero-order chi connectivity index (χ0) is 15.6. The Morgan fingerprint density at radius 2 is 2.24 bits per heavy atom. The maximum Gasteiger partial charge on any atom is 0.341 e. The second kappa shape index (κ2) is 6.92. The smallest absolute Gasteiger partial charge is 0.341 e. The molecule has 1 aliphatic carbocycles. The van der Waals surface area contributed by atoms with Crippen molar-refractivity contribution in [2.24, 2.45) is 5.92 Å². The highest BCUT2D eigenvalue weighted by atomic mass is 79.9. The van der Waals surface area contributed by atoms with E-state index in [0.717, 1.165) is 24.8 Å². The highest BCUT2D eigenvalue weighted by Gasteiger charge is 2.29. The van der Waals surface area contributed by atoms with Crippen LogP contribution in [0.15, 0.2) is 0 Å². The minimum absolute atomic E-state index is 0.146. The third-order valence-electron chi connectivity index (χ3n) is 3.59. The Balaban J connectivity index is 2.38. The van der Waals surface area contributed by atoms with Gasteiger partial charge in [-0.2, -0.15) is 0 Å². The number of nitrogens with one attached hydrogen (secondary N) is 1. The maximum absolute atomic E-state index is 12.3. The largest absolute Gasteiger partial charge is 0.462 e. The van der Waals surface area contributed by atoms with Gasteiger partial charge in [0.1, 0.15) is 5.00 Å². The summed E-state index contributed by atoms with van der Waals surface area (Å²) in [5.41, 5.74) is 1.62. The zero-order valence-corrected chi connectivity index (χ0v) is 14.9. The van der Waals surface area contributed by atoms with Gasteiger partial charge in [-0.3, -0.25) is 4.79 Å². The summed E-state index contributed by atoms with van der Waals surface area (Å²) in [4.78, 5) is 25.1. The van der Waals surface area contributed by atoms with Gasteiger partial charge in [0.15, 0.2) is 0 Å². The molecule has 0 aliphatic heterocycles. The molecule has 1 N–H and O–H groups in total. The zero-order valence-electron chi connectivity index (χ0n) is 12.5. The molecule has 0 bridgehead atoms. The van der Waals surface area contributed by atoms with Crippen molar-refractivity contribution in [3.8, 4) is 0 Å². The van der Waals surface area contributed by atoms with E-state index in [1.807, 2.05) is 0 Å². The normalized spacial score (nSPS) is 18.8. The predicted octanol–water partition coefficient (Wildman–Crippen LogP) is 3.77. The van der Waals surface area contributed by atoms with Gasteiger partial charge in [0.25, 0.3) is 0 Å². The summed E-state index contributed by atoms with van der Waals surface area (Å²) >= 11 is 4.76. The van der Waals surface area contributed by atoms with Crippen LogP contribution < -0.4 is 5.32 Å². The summed E-state index contributed by atoms with van der Waals surface area (Å²) in [6.45, 7) is 6.10. The van der Waals surface area contributed by atoms with Gasteiger partial charge in [-0.15, -0.1) is 11.3 Å². The third kappa shape index (κ3) is 3.66. The summed E-state index contributed by atoms with van der Waals surface area (Å²) in [5.74, 6) is 0.138. The molecule has 0 aromatic carbocycles. The Kier molecular flexibility index (Phi) is 5.43. The van der Waals surface area contributed by atoms with Crippen molar-refractivity contribution in [2.75, 3.05) is 11.9 Å². The summed E-state index contributed by atoms with van der Waals surface area (Å²) < 4.78 is 5.17. The van der Waals surface area contributed by atoms with Crippen LogP contribution in [-0.4, -0.2) is 23.3 Å². The van der Waals surface area contributed by atoms with Crippen LogP contribution in [0.25, 0.3) is 0 Å². The van der Waals surface area contributed by atoms with Crippen LogP contribution in [0.3, 0.4) is 0 Å². The number of halogens is 1. The minimum atomic E-state index is -0.331. The highest BCUT2D eigenvalue weighted by molar-refractivity contribution is 9.10. The van der Waals surface area contributed by atoms with E-state index in [4.69, 9.17) is 4.74 Å². The lowest BCUT2D eigenvalue weighted by molar-refractivity contribution is -0.115. The number of ether oxygens (including phenoxy) is 1. The number of alkyl halides is 1. The Bertz CT molecular complexity index is 553. The van der Waals surface area contributed by atoms with Crippen molar-refractivity contribution in [3.05, 3.63) is 16.0 Å². The summed E-state index contributed by atoms with van der Waals surface area (Å²) in [7, 11) is 0. The number of carbonyl (C=O) groups is 2. The standard InChI is InChI=1S/C15H20BrNO3S/c1-4-20-15(19)12-10-6-5-8(2)7-11(10)21-14(12)17-13(18)9(3)16/h8-9H,4-7H2,1-3H3,(H,17,18). The summed E-state index contributed by atoms with van der Waals surface area (Å²) in [5, 5.41) is 3.48. The number of amides is 1. The lowest BCUT2D eigenvalue weighted by Crippen LogP contribution is -2.21. The van der Waals surface area contributed by atoms with Gasteiger partial charge in [-0.1, -0.05) is 22.9 Å². The van der Waals surface area contributed by atoms with E-state index in [-0.39, 0.29) is 16.7 Å². The topological polar surface area (TPSA) is 55.4 Å². The number of hydrogen-bond donors (Lipinski definition) is 1. The van der Waals surface area contributed by atoms with Crippen LogP contribution in [0.1, 0.15) is 48.0 Å². The van der Waals surface area contributed by atoms with E-state index < -0.39 is 0 Å². The number of fused-ring (bicyclic) bond motifs is 1. The molecule has 2 unspecified atom stereocenters. The number of esters is 1. The molecule has 1 aromatic rings. The van der Waals surface area contributed by atoms with Crippen LogP contribution in [0.2, 0.25) is 0 Å². The van der Waals surface area contributed by atoms with Gasteiger partial charge in [0.2, 0.25) is 5.91 Å².